The summed E-state index contributed by atoms with van der Waals surface area (Å²) in [7, 11) is 0. The van der Waals surface area contributed by atoms with E-state index in [0.717, 1.165) is 25.7 Å². The first kappa shape index (κ1) is 19.1. The Hall–Kier alpha value is -1.19. The lowest BCUT2D eigenvalue weighted by atomic mass is 9.73. The molecule has 0 radical (unpaired) electrons. The number of Topliss-reactive ketones (excluding diaryl/α,β-unsaturated/α-hetero) is 1. The second-order valence-electron chi connectivity index (χ2n) is 9.80. The number of hydrogen-bond donors (Lipinski definition) is 0. The van der Waals surface area contributed by atoms with E-state index in [9.17, 15) is 14.4 Å². The minimum atomic E-state index is -0.279. The Morgan fingerprint density at radius 2 is 1.54 bits per heavy atom. The van der Waals surface area contributed by atoms with Crippen LogP contribution in [0.2, 0.25) is 0 Å². The van der Waals surface area contributed by atoms with Crippen molar-refractivity contribution in [3.63, 3.8) is 0 Å². The van der Waals surface area contributed by atoms with Crippen LogP contribution in [0.5, 0.6) is 0 Å². The van der Waals surface area contributed by atoms with Gasteiger partial charge in [0.25, 0.3) is 0 Å². The van der Waals surface area contributed by atoms with Crippen LogP contribution in [-0.2, 0) is 14.4 Å². The van der Waals surface area contributed by atoms with Crippen LogP contribution in [0, 0.1) is 28.6 Å². The Balaban J connectivity index is 1.92. The zero-order valence-electron chi connectivity index (χ0n) is 16.1. The number of ketones is 1. The Morgan fingerprint density at radius 1 is 1.00 bits per heavy atom. The van der Waals surface area contributed by atoms with Crippen molar-refractivity contribution in [2.75, 3.05) is 6.54 Å². The molecule has 1 atom stereocenters. The van der Waals surface area contributed by atoms with Gasteiger partial charge in [-0.15, -0.1) is 0 Å². The van der Waals surface area contributed by atoms with Crippen LogP contribution in [0.3, 0.4) is 0 Å². The highest BCUT2D eigenvalue weighted by molar-refractivity contribution is 6.03. The number of rotatable bonds is 3. The fourth-order valence-corrected chi connectivity index (χ4v) is 4.03. The van der Waals surface area contributed by atoms with Gasteiger partial charge in [0.05, 0.1) is 5.92 Å². The van der Waals surface area contributed by atoms with E-state index in [1.165, 1.54) is 4.90 Å². The van der Waals surface area contributed by atoms with E-state index in [2.05, 4.69) is 0 Å². The second kappa shape index (κ2) is 6.61. The standard InChI is InChI=1S/C20H33NO3/c1-19(2,3)15-11-16(22)21(18(15)24)12-13-7-9-14(10-8-13)17(23)20(4,5)6/h13-15H,7-12H2,1-6H3/t13?,14?,15-/m1/s1. The van der Waals surface area contributed by atoms with Crippen LogP contribution >= 0.6 is 0 Å². The van der Waals surface area contributed by atoms with Crippen molar-refractivity contribution in [3.8, 4) is 0 Å². The molecule has 1 saturated carbocycles. The van der Waals surface area contributed by atoms with Gasteiger partial charge in [-0.25, -0.2) is 0 Å². The van der Waals surface area contributed by atoms with Crippen molar-refractivity contribution in [3.05, 3.63) is 0 Å². The van der Waals surface area contributed by atoms with E-state index >= 15 is 0 Å². The number of likely N-dealkylation sites (tertiary alicyclic amines) is 1. The SMILES string of the molecule is CC(C)(C)C(=O)C1CCC(CN2C(=O)C[C@@H](C(C)(C)C)C2=O)CC1. The maximum atomic E-state index is 12.6. The van der Waals surface area contributed by atoms with Gasteiger partial charge < -0.3 is 0 Å². The van der Waals surface area contributed by atoms with Gasteiger partial charge in [-0.3, -0.25) is 19.3 Å². The molecule has 0 aromatic carbocycles. The molecular formula is C20H33NO3. The molecule has 0 aromatic heterocycles. The number of hydrogen-bond acceptors (Lipinski definition) is 3. The predicted molar refractivity (Wildman–Crippen MR) is 94.2 cm³/mol. The van der Waals surface area contributed by atoms with Gasteiger partial charge in [-0.2, -0.15) is 0 Å². The van der Waals surface area contributed by atoms with Crippen LogP contribution in [-0.4, -0.2) is 29.0 Å². The molecule has 2 rings (SSSR count). The molecule has 2 fully saturated rings. The maximum absolute atomic E-state index is 12.6. The largest absolute Gasteiger partial charge is 0.299 e. The summed E-state index contributed by atoms with van der Waals surface area (Å²) in [6.07, 6.45) is 3.99. The average molecular weight is 335 g/mol. The summed E-state index contributed by atoms with van der Waals surface area (Å²) in [5, 5.41) is 0. The molecule has 24 heavy (non-hydrogen) atoms. The second-order valence-corrected chi connectivity index (χ2v) is 9.80. The zero-order chi connectivity index (χ0) is 18.3. The molecule has 136 valence electrons. The fourth-order valence-electron chi connectivity index (χ4n) is 4.03. The van der Waals surface area contributed by atoms with Crippen LogP contribution in [0.15, 0.2) is 0 Å². The molecule has 0 aromatic rings. The summed E-state index contributed by atoms with van der Waals surface area (Å²) in [6, 6.07) is 0. The van der Waals surface area contributed by atoms with Crippen molar-refractivity contribution in [1.29, 1.82) is 0 Å². The summed E-state index contributed by atoms with van der Waals surface area (Å²) in [6.45, 7) is 12.6. The smallest absolute Gasteiger partial charge is 0.233 e. The van der Waals surface area contributed by atoms with E-state index in [4.69, 9.17) is 0 Å². The van der Waals surface area contributed by atoms with Crippen LogP contribution in [0.4, 0.5) is 0 Å². The highest BCUT2D eigenvalue weighted by atomic mass is 16.2. The first-order valence-electron chi connectivity index (χ1n) is 9.29. The minimum absolute atomic E-state index is 0.000362. The Bertz CT molecular complexity index is 516. The highest BCUT2D eigenvalue weighted by Gasteiger charge is 2.45. The normalized spacial score (nSPS) is 29.2. The Morgan fingerprint density at radius 3 is 1.96 bits per heavy atom. The third-order valence-corrected chi connectivity index (χ3v) is 5.69. The number of imide groups is 1. The van der Waals surface area contributed by atoms with Crippen molar-refractivity contribution in [2.45, 2.75) is 73.6 Å². The van der Waals surface area contributed by atoms with Gasteiger partial charge >= 0.3 is 0 Å². The van der Waals surface area contributed by atoms with Gasteiger partial charge in [0.15, 0.2) is 0 Å². The summed E-state index contributed by atoms with van der Waals surface area (Å²) >= 11 is 0. The molecule has 2 aliphatic rings. The van der Waals surface area contributed by atoms with Crippen LogP contribution in [0.25, 0.3) is 0 Å². The van der Waals surface area contributed by atoms with Gasteiger partial charge in [0.2, 0.25) is 11.8 Å². The first-order chi connectivity index (χ1) is 10.9. The monoisotopic (exact) mass is 335 g/mol. The maximum Gasteiger partial charge on any atom is 0.233 e. The highest BCUT2D eigenvalue weighted by Crippen LogP contribution is 2.38. The number of carbonyl (C=O) groups is 3. The van der Waals surface area contributed by atoms with E-state index in [0.29, 0.717) is 24.7 Å². The van der Waals surface area contributed by atoms with Crippen LogP contribution in [0.1, 0.15) is 73.6 Å². The summed E-state index contributed by atoms with van der Waals surface area (Å²) < 4.78 is 0. The predicted octanol–water partition coefficient (Wildman–Crippen LogP) is 3.83. The zero-order valence-corrected chi connectivity index (χ0v) is 16.1. The molecule has 1 saturated heterocycles. The van der Waals surface area contributed by atoms with E-state index in [1.54, 1.807) is 0 Å². The molecule has 1 aliphatic heterocycles. The van der Waals surface area contributed by atoms with Crippen LogP contribution < -0.4 is 0 Å². The molecule has 4 heteroatoms. The molecule has 0 spiro atoms. The van der Waals surface area contributed by atoms with Crippen molar-refractivity contribution in [1.82, 2.24) is 4.90 Å². The van der Waals surface area contributed by atoms with Gasteiger partial charge in [-0.05, 0) is 37.0 Å². The first-order valence-corrected chi connectivity index (χ1v) is 9.29. The number of carbonyl (C=O) groups excluding carboxylic acids is 3. The topological polar surface area (TPSA) is 54.5 Å². The molecule has 0 bridgehead atoms. The van der Waals surface area contributed by atoms with E-state index in [1.807, 2.05) is 41.5 Å². The molecule has 0 N–H and O–H groups in total. The van der Waals surface area contributed by atoms with Gasteiger partial charge in [0.1, 0.15) is 5.78 Å². The van der Waals surface area contributed by atoms with Crippen molar-refractivity contribution >= 4 is 17.6 Å². The average Bonchev–Trinajstić information content (AvgIpc) is 2.74. The van der Waals surface area contributed by atoms with E-state index in [-0.39, 0.29) is 34.5 Å². The summed E-state index contributed by atoms with van der Waals surface area (Å²) in [5.41, 5.74) is -0.448. The molecular weight excluding hydrogens is 302 g/mol. The minimum Gasteiger partial charge on any atom is -0.299 e. The van der Waals surface area contributed by atoms with Gasteiger partial charge in [-0.1, -0.05) is 41.5 Å². The third-order valence-electron chi connectivity index (χ3n) is 5.69. The molecule has 4 nitrogen and oxygen atoms in total. The van der Waals surface area contributed by atoms with Crippen molar-refractivity contribution < 1.29 is 14.4 Å². The Kier molecular flexibility index (Phi) is 5.27. The third kappa shape index (κ3) is 4.07. The lowest BCUT2D eigenvalue weighted by Crippen LogP contribution is -2.39. The molecule has 1 heterocycles. The number of nitrogens with zero attached hydrogens (tertiary/aromatic N) is 1. The summed E-state index contributed by atoms with van der Waals surface area (Å²) in [5.74, 6) is 0.633. The lowest BCUT2D eigenvalue weighted by molar-refractivity contribution is -0.141. The molecule has 0 unspecified atom stereocenters. The van der Waals surface area contributed by atoms with E-state index < -0.39 is 0 Å². The fraction of sp³-hybridized carbons (Fsp3) is 0.850. The Labute approximate surface area is 146 Å². The van der Waals surface area contributed by atoms with Gasteiger partial charge in [0, 0.05) is 24.3 Å². The number of amides is 2. The molecule has 1 aliphatic carbocycles. The summed E-state index contributed by atoms with van der Waals surface area (Å²) in [4.78, 5) is 38.8. The molecule has 2 amide bonds. The lowest BCUT2D eigenvalue weighted by Gasteiger charge is -2.33. The quantitative estimate of drug-likeness (QED) is 0.737. The van der Waals surface area contributed by atoms with Crippen molar-refractivity contribution in [2.24, 2.45) is 28.6 Å².